The van der Waals surface area contributed by atoms with Gasteiger partial charge in [-0.1, -0.05) is 6.92 Å². The lowest BCUT2D eigenvalue weighted by Gasteiger charge is -2.19. The van der Waals surface area contributed by atoms with Crippen molar-refractivity contribution in [1.29, 1.82) is 0 Å². The average Bonchev–Trinajstić information content (AvgIpc) is 2.00. The van der Waals surface area contributed by atoms with Gasteiger partial charge in [0.25, 0.3) is 0 Å². The van der Waals surface area contributed by atoms with Gasteiger partial charge >= 0.3 is 11.9 Å². The van der Waals surface area contributed by atoms with Gasteiger partial charge in [0.1, 0.15) is 5.60 Å². The summed E-state index contributed by atoms with van der Waals surface area (Å²) in [6.45, 7) is 7.22. The van der Waals surface area contributed by atoms with E-state index < -0.39 is 17.5 Å². The fourth-order valence-corrected chi connectivity index (χ4v) is 0.856. The van der Waals surface area contributed by atoms with Crippen LogP contribution in [0.2, 0.25) is 0 Å². The summed E-state index contributed by atoms with van der Waals surface area (Å²) >= 11 is 0. The van der Waals surface area contributed by atoms with Gasteiger partial charge in [0, 0.05) is 6.54 Å². The van der Waals surface area contributed by atoms with Crippen LogP contribution in [0.4, 0.5) is 0 Å². The summed E-state index contributed by atoms with van der Waals surface area (Å²) in [7, 11) is 0. The van der Waals surface area contributed by atoms with Crippen LogP contribution in [0.3, 0.4) is 0 Å². The molecule has 0 saturated heterocycles. The summed E-state index contributed by atoms with van der Waals surface area (Å²) < 4.78 is 5.03. The zero-order valence-electron chi connectivity index (χ0n) is 9.66. The lowest BCUT2D eigenvalue weighted by atomic mass is 10.2. The Balaban J connectivity index is 3.69. The van der Waals surface area contributed by atoms with Crippen molar-refractivity contribution in [2.45, 2.75) is 33.3 Å². The van der Waals surface area contributed by atoms with Crippen LogP contribution in [-0.2, 0) is 14.3 Å². The van der Waals surface area contributed by atoms with Gasteiger partial charge in [-0.15, -0.1) is 0 Å². The maximum absolute atomic E-state index is 11.2. The number of rotatable bonds is 5. The SMILES string of the molecule is CC(CNCC(=O)OC(C)(C)C)C(=O)O. The van der Waals surface area contributed by atoms with E-state index in [0.29, 0.717) is 0 Å². The van der Waals surface area contributed by atoms with Crippen molar-refractivity contribution in [2.24, 2.45) is 5.92 Å². The Bertz CT molecular complexity index is 232. The van der Waals surface area contributed by atoms with Gasteiger partial charge in [-0.05, 0) is 20.8 Å². The molecule has 0 fully saturated rings. The second-order valence-corrected chi connectivity index (χ2v) is 4.46. The minimum absolute atomic E-state index is 0.0366. The van der Waals surface area contributed by atoms with Crippen molar-refractivity contribution in [3.8, 4) is 0 Å². The molecule has 1 atom stereocenters. The Labute approximate surface area is 89.8 Å². The molecule has 15 heavy (non-hydrogen) atoms. The minimum atomic E-state index is -0.883. The van der Waals surface area contributed by atoms with E-state index >= 15 is 0 Å². The van der Waals surface area contributed by atoms with Crippen molar-refractivity contribution in [3.05, 3.63) is 0 Å². The van der Waals surface area contributed by atoms with Crippen molar-refractivity contribution >= 4 is 11.9 Å². The third kappa shape index (κ3) is 7.93. The Morgan fingerprint density at radius 1 is 1.40 bits per heavy atom. The molecule has 0 aromatic rings. The second kappa shape index (κ2) is 5.70. The highest BCUT2D eigenvalue weighted by molar-refractivity contribution is 5.72. The lowest BCUT2D eigenvalue weighted by Crippen LogP contribution is -2.34. The van der Waals surface area contributed by atoms with Crippen molar-refractivity contribution < 1.29 is 19.4 Å². The highest BCUT2D eigenvalue weighted by Gasteiger charge is 2.16. The van der Waals surface area contributed by atoms with Crippen LogP contribution in [0, 0.1) is 5.92 Å². The van der Waals surface area contributed by atoms with E-state index in [4.69, 9.17) is 9.84 Å². The number of hydrogen-bond acceptors (Lipinski definition) is 4. The van der Waals surface area contributed by atoms with E-state index in [0.717, 1.165) is 0 Å². The van der Waals surface area contributed by atoms with E-state index in [2.05, 4.69) is 5.32 Å². The zero-order valence-corrected chi connectivity index (χ0v) is 9.66. The van der Waals surface area contributed by atoms with Crippen LogP contribution < -0.4 is 5.32 Å². The number of carboxylic acids is 1. The molecule has 5 heteroatoms. The molecular weight excluding hydrogens is 198 g/mol. The molecule has 0 aromatic carbocycles. The maximum atomic E-state index is 11.2. The summed E-state index contributed by atoms with van der Waals surface area (Å²) in [5, 5.41) is 11.3. The summed E-state index contributed by atoms with van der Waals surface area (Å²) in [6, 6.07) is 0. The van der Waals surface area contributed by atoms with E-state index in [9.17, 15) is 9.59 Å². The molecule has 5 nitrogen and oxygen atoms in total. The Hall–Kier alpha value is -1.10. The predicted octanol–water partition coefficient (Wildman–Crippen LogP) is 0.638. The molecule has 0 bridgehead atoms. The van der Waals surface area contributed by atoms with Gasteiger partial charge in [0.2, 0.25) is 0 Å². The first-order chi connectivity index (χ1) is 6.72. The summed E-state index contributed by atoms with van der Waals surface area (Å²) in [4.78, 5) is 21.6. The normalized spacial score (nSPS) is 13.3. The van der Waals surface area contributed by atoms with E-state index in [1.165, 1.54) is 0 Å². The number of nitrogens with one attached hydrogen (secondary N) is 1. The van der Waals surface area contributed by atoms with E-state index in [1.54, 1.807) is 27.7 Å². The zero-order chi connectivity index (χ0) is 12.1. The molecular formula is C10H19NO4. The number of carbonyl (C=O) groups is 2. The molecule has 0 saturated carbocycles. The fourth-order valence-electron chi connectivity index (χ4n) is 0.856. The van der Waals surface area contributed by atoms with Crippen LogP contribution in [0.15, 0.2) is 0 Å². The molecule has 1 unspecified atom stereocenters. The molecule has 2 N–H and O–H groups in total. The molecule has 0 aliphatic carbocycles. The topological polar surface area (TPSA) is 75.6 Å². The molecule has 0 spiro atoms. The summed E-state index contributed by atoms with van der Waals surface area (Å²) in [5.41, 5.74) is -0.503. The maximum Gasteiger partial charge on any atom is 0.320 e. The predicted molar refractivity (Wildman–Crippen MR) is 55.5 cm³/mol. The van der Waals surface area contributed by atoms with Gasteiger partial charge in [-0.25, -0.2) is 0 Å². The third-order valence-corrected chi connectivity index (χ3v) is 1.56. The van der Waals surface area contributed by atoms with Gasteiger partial charge in [0.15, 0.2) is 0 Å². The monoisotopic (exact) mass is 217 g/mol. The lowest BCUT2D eigenvalue weighted by molar-refractivity contribution is -0.154. The van der Waals surface area contributed by atoms with Gasteiger partial charge in [-0.3, -0.25) is 9.59 Å². The molecule has 88 valence electrons. The molecule has 0 aliphatic heterocycles. The third-order valence-electron chi connectivity index (χ3n) is 1.56. The minimum Gasteiger partial charge on any atom is -0.481 e. The highest BCUT2D eigenvalue weighted by atomic mass is 16.6. The number of ether oxygens (including phenoxy) is 1. The summed E-state index contributed by atoms with van der Waals surface area (Å²) in [5.74, 6) is -1.76. The first kappa shape index (κ1) is 13.9. The standard InChI is InChI=1S/C10H19NO4/c1-7(9(13)14)5-11-6-8(12)15-10(2,3)4/h7,11H,5-6H2,1-4H3,(H,13,14). The first-order valence-corrected chi connectivity index (χ1v) is 4.88. The van der Waals surface area contributed by atoms with E-state index in [1.807, 2.05) is 0 Å². The van der Waals surface area contributed by atoms with Gasteiger partial charge in [0.05, 0.1) is 12.5 Å². The van der Waals surface area contributed by atoms with Gasteiger partial charge in [-0.2, -0.15) is 0 Å². The second-order valence-electron chi connectivity index (χ2n) is 4.46. The van der Waals surface area contributed by atoms with Crippen LogP contribution in [-0.4, -0.2) is 35.7 Å². The quantitative estimate of drug-likeness (QED) is 0.661. The first-order valence-electron chi connectivity index (χ1n) is 4.88. The number of carboxylic acid groups (broad SMARTS) is 1. The number of hydrogen-bond donors (Lipinski definition) is 2. The number of carbonyl (C=O) groups excluding carboxylic acids is 1. The smallest absolute Gasteiger partial charge is 0.320 e. The summed E-state index contributed by atoms with van der Waals surface area (Å²) in [6.07, 6.45) is 0. The Morgan fingerprint density at radius 2 is 1.93 bits per heavy atom. The average molecular weight is 217 g/mol. The molecule has 0 aromatic heterocycles. The molecule has 0 aliphatic rings. The Kier molecular flexibility index (Phi) is 5.28. The molecule has 0 heterocycles. The van der Waals surface area contributed by atoms with Crippen LogP contribution in [0.1, 0.15) is 27.7 Å². The van der Waals surface area contributed by atoms with Crippen molar-refractivity contribution in [3.63, 3.8) is 0 Å². The largest absolute Gasteiger partial charge is 0.481 e. The molecule has 0 rings (SSSR count). The van der Waals surface area contributed by atoms with Crippen molar-refractivity contribution in [1.82, 2.24) is 5.32 Å². The van der Waals surface area contributed by atoms with Gasteiger partial charge < -0.3 is 15.2 Å². The van der Waals surface area contributed by atoms with E-state index in [-0.39, 0.29) is 19.1 Å². The molecule has 0 radical (unpaired) electrons. The van der Waals surface area contributed by atoms with Crippen LogP contribution >= 0.6 is 0 Å². The van der Waals surface area contributed by atoms with Crippen LogP contribution in [0.25, 0.3) is 0 Å². The fraction of sp³-hybridized carbons (Fsp3) is 0.800. The molecule has 0 amide bonds. The van der Waals surface area contributed by atoms with Crippen molar-refractivity contribution in [2.75, 3.05) is 13.1 Å². The highest BCUT2D eigenvalue weighted by Crippen LogP contribution is 2.06. The number of aliphatic carboxylic acids is 1. The van der Waals surface area contributed by atoms with Crippen LogP contribution in [0.5, 0.6) is 0 Å². The number of esters is 1. The Morgan fingerprint density at radius 3 is 2.33 bits per heavy atom.